The summed E-state index contributed by atoms with van der Waals surface area (Å²) in [7, 11) is 0. The fraction of sp³-hybridized carbons (Fsp3) is 0.375. The number of benzene rings is 1. The molecule has 0 aromatic heterocycles. The van der Waals surface area contributed by atoms with Gasteiger partial charge in [-0.15, -0.1) is 13.2 Å². The predicted molar refractivity (Wildman–Crippen MR) is 77.9 cm³/mol. The molecule has 1 aromatic carbocycles. The molecule has 2 nitrogen and oxygen atoms in total. The van der Waals surface area contributed by atoms with Crippen molar-refractivity contribution in [2.24, 2.45) is 0 Å². The molecule has 1 rings (SSSR count). The van der Waals surface area contributed by atoms with Crippen molar-refractivity contribution in [3.63, 3.8) is 0 Å². The number of phenols is 1. The standard InChI is InChI=1S/C16H23NO/c1-3-5-12-17(13-6-4-2)14-11-15-7-9-16(18)10-8-15/h3-4,7-10,18H,1-2,5-6,11-14H2. The number of rotatable bonds is 9. The molecule has 98 valence electrons. The Morgan fingerprint density at radius 3 is 2.00 bits per heavy atom. The highest BCUT2D eigenvalue weighted by molar-refractivity contribution is 5.25. The first-order chi connectivity index (χ1) is 8.76. The van der Waals surface area contributed by atoms with Crippen LogP contribution in [0.4, 0.5) is 0 Å². The van der Waals surface area contributed by atoms with E-state index in [-0.39, 0.29) is 0 Å². The van der Waals surface area contributed by atoms with E-state index in [4.69, 9.17) is 0 Å². The van der Waals surface area contributed by atoms with Gasteiger partial charge in [-0.25, -0.2) is 0 Å². The maximum absolute atomic E-state index is 9.23. The second kappa shape index (κ2) is 8.54. The molecule has 0 aliphatic rings. The Balaban J connectivity index is 2.41. The molecule has 0 unspecified atom stereocenters. The lowest BCUT2D eigenvalue weighted by Gasteiger charge is -2.21. The smallest absolute Gasteiger partial charge is 0.115 e. The summed E-state index contributed by atoms with van der Waals surface area (Å²) in [6.45, 7) is 10.7. The van der Waals surface area contributed by atoms with Crippen LogP contribution in [0.15, 0.2) is 49.6 Å². The van der Waals surface area contributed by atoms with Crippen molar-refractivity contribution < 1.29 is 5.11 Å². The molecule has 0 radical (unpaired) electrons. The Kier molecular flexibility index (Phi) is 6.89. The molecule has 0 heterocycles. The lowest BCUT2D eigenvalue weighted by Crippen LogP contribution is -2.28. The molecule has 0 fully saturated rings. The summed E-state index contributed by atoms with van der Waals surface area (Å²) >= 11 is 0. The van der Waals surface area contributed by atoms with E-state index in [2.05, 4.69) is 18.1 Å². The third-order valence-corrected chi connectivity index (χ3v) is 2.95. The molecule has 0 saturated carbocycles. The summed E-state index contributed by atoms with van der Waals surface area (Å²) in [5.74, 6) is 0.328. The highest BCUT2D eigenvalue weighted by Gasteiger charge is 2.03. The zero-order valence-corrected chi connectivity index (χ0v) is 11.0. The molecule has 2 heteroatoms. The first-order valence-electron chi connectivity index (χ1n) is 6.48. The van der Waals surface area contributed by atoms with Gasteiger partial charge in [-0.2, -0.15) is 0 Å². The lowest BCUT2D eigenvalue weighted by atomic mass is 10.1. The Morgan fingerprint density at radius 1 is 0.944 bits per heavy atom. The minimum absolute atomic E-state index is 0.328. The fourth-order valence-electron chi connectivity index (χ4n) is 1.83. The van der Waals surface area contributed by atoms with Gasteiger partial charge in [0.1, 0.15) is 5.75 Å². The number of aromatic hydroxyl groups is 1. The van der Waals surface area contributed by atoms with Crippen LogP contribution in [0, 0.1) is 0 Å². The highest BCUT2D eigenvalue weighted by atomic mass is 16.3. The first kappa shape index (κ1) is 14.5. The van der Waals surface area contributed by atoms with Crippen LogP contribution in [0.3, 0.4) is 0 Å². The fourth-order valence-corrected chi connectivity index (χ4v) is 1.83. The van der Waals surface area contributed by atoms with Crippen LogP contribution in [0.2, 0.25) is 0 Å². The number of hydrogen-bond donors (Lipinski definition) is 1. The molecule has 0 atom stereocenters. The Labute approximate surface area is 110 Å². The van der Waals surface area contributed by atoms with E-state index < -0.39 is 0 Å². The molecular formula is C16H23NO. The van der Waals surface area contributed by atoms with Gasteiger partial charge < -0.3 is 10.0 Å². The summed E-state index contributed by atoms with van der Waals surface area (Å²) < 4.78 is 0. The van der Waals surface area contributed by atoms with Gasteiger partial charge in [-0.3, -0.25) is 0 Å². The van der Waals surface area contributed by atoms with Crippen molar-refractivity contribution in [3.05, 3.63) is 55.1 Å². The zero-order valence-electron chi connectivity index (χ0n) is 11.0. The van der Waals surface area contributed by atoms with E-state index in [0.29, 0.717) is 5.75 Å². The lowest BCUT2D eigenvalue weighted by molar-refractivity contribution is 0.288. The predicted octanol–water partition coefficient (Wildman–Crippen LogP) is 3.39. The normalized spacial score (nSPS) is 10.5. The van der Waals surface area contributed by atoms with Crippen LogP contribution in [0.1, 0.15) is 18.4 Å². The molecule has 0 aliphatic carbocycles. The molecule has 0 spiro atoms. The highest BCUT2D eigenvalue weighted by Crippen LogP contribution is 2.10. The number of phenolic OH excluding ortho intramolecular Hbond substituents is 1. The molecule has 0 amide bonds. The molecular weight excluding hydrogens is 222 g/mol. The van der Waals surface area contributed by atoms with Crippen LogP contribution < -0.4 is 0 Å². The van der Waals surface area contributed by atoms with Gasteiger partial charge in [0.15, 0.2) is 0 Å². The zero-order chi connectivity index (χ0) is 13.2. The Bertz CT molecular complexity index is 344. The van der Waals surface area contributed by atoms with Crippen molar-refractivity contribution in [3.8, 4) is 5.75 Å². The van der Waals surface area contributed by atoms with Crippen molar-refractivity contribution in [2.75, 3.05) is 19.6 Å². The third kappa shape index (κ3) is 5.69. The van der Waals surface area contributed by atoms with Gasteiger partial charge in [0.25, 0.3) is 0 Å². The molecule has 1 aromatic rings. The number of hydrogen-bond acceptors (Lipinski definition) is 2. The van der Waals surface area contributed by atoms with E-state index in [0.717, 1.165) is 38.9 Å². The molecule has 0 bridgehead atoms. The summed E-state index contributed by atoms with van der Waals surface area (Å²) in [5, 5.41) is 9.23. The summed E-state index contributed by atoms with van der Waals surface area (Å²) in [6, 6.07) is 7.45. The Morgan fingerprint density at radius 2 is 1.50 bits per heavy atom. The molecule has 1 N–H and O–H groups in total. The summed E-state index contributed by atoms with van der Waals surface area (Å²) in [4.78, 5) is 2.43. The van der Waals surface area contributed by atoms with Gasteiger partial charge in [0.05, 0.1) is 0 Å². The van der Waals surface area contributed by atoms with Crippen LogP contribution in [-0.4, -0.2) is 29.6 Å². The first-order valence-corrected chi connectivity index (χ1v) is 6.48. The van der Waals surface area contributed by atoms with Gasteiger partial charge in [-0.1, -0.05) is 24.3 Å². The largest absolute Gasteiger partial charge is 0.508 e. The minimum Gasteiger partial charge on any atom is -0.508 e. The van der Waals surface area contributed by atoms with E-state index >= 15 is 0 Å². The Hall–Kier alpha value is -1.54. The van der Waals surface area contributed by atoms with Crippen molar-refractivity contribution in [1.29, 1.82) is 0 Å². The van der Waals surface area contributed by atoms with Gasteiger partial charge in [0, 0.05) is 19.6 Å². The maximum Gasteiger partial charge on any atom is 0.115 e. The van der Waals surface area contributed by atoms with E-state index in [9.17, 15) is 5.11 Å². The van der Waals surface area contributed by atoms with Crippen molar-refractivity contribution >= 4 is 0 Å². The summed E-state index contributed by atoms with van der Waals surface area (Å²) in [6.07, 6.45) is 6.97. The van der Waals surface area contributed by atoms with Crippen LogP contribution in [-0.2, 0) is 6.42 Å². The number of nitrogens with zero attached hydrogens (tertiary/aromatic N) is 1. The average molecular weight is 245 g/mol. The SMILES string of the molecule is C=CCCN(CCC=C)CCc1ccc(O)cc1. The van der Waals surface area contributed by atoms with Crippen molar-refractivity contribution in [2.45, 2.75) is 19.3 Å². The van der Waals surface area contributed by atoms with Gasteiger partial charge in [-0.05, 0) is 37.0 Å². The van der Waals surface area contributed by atoms with Crippen molar-refractivity contribution in [1.82, 2.24) is 4.90 Å². The molecule has 18 heavy (non-hydrogen) atoms. The van der Waals surface area contributed by atoms with Crippen LogP contribution in [0.5, 0.6) is 5.75 Å². The molecule has 0 aliphatic heterocycles. The monoisotopic (exact) mass is 245 g/mol. The van der Waals surface area contributed by atoms with E-state index in [1.54, 1.807) is 12.1 Å². The summed E-state index contributed by atoms with van der Waals surface area (Å²) in [5.41, 5.74) is 1.26. The van der Waals surface area contributed by atoms with E-state index in [1.807, 2.05) is 24.3 Å². The van der Waals surface area contributed by atoms with Crippen LogP contribution >= 0.6 is 0 Å². The maximum atomic E-state index is 9.23. The minimum atomic E-state index is 0.328. The van der Waals surface area contributed by atoms with Gasteiger partial charge in [0.2, 0.25) is 0 Å². The van der Waals surface area contributed by atoms with Crippen LogP contribution in [0.25, 0.3) is 0 Å². The molecule has 0 saturated heterocycles. The second-order valence-corrected chi connectivity index (χ2v) is 4.41. The van der Waals surface area contributed by atoms with E-state index in [1.165, 1.54) is 5.56 Å². The van der Waals surface area contributed by atoms with Gasteiger partial charge >= 0.3 is 0 Å². The quantitative estimate of drug-likeness (QED) is 0.674. The average Bonchev–Trinajstić information content (AvgIpc) is 2.40. The second-order valence-electron chi connectivity index (χ2n) is 4.41. The third-order valence-electron chi connectivity index (χ3n) is 2.95. The topological polar surface area (TPSA) is 23.5 Å².